The summed E-state index contributed by atoms with van der Waals surface area (Å²) in [5.74, 6) is 2.06. The van der Waals surface area contributed by atoms with E-state index in [1.165, 1.54) is 12.3 Å². The van der Waals surface area contributed by atoms with Crippen molar-refractivity contribution in [3.8, 4) is 0 Å². The zero-order valence-corrected chi connectivity index (χ0v) is 16.0. The molecular formula is C20H24F2N6O. The zero-order valence-electron chi connectivity index (χ0n) is 16.0. The highest BCUT2D eigenvalue weighted by Gasteiger charge is 2.38. The Kier molecular flexibility index (Phi) is 4.92. The summed E-state index contributed by atoms with van der Waals surface area (Å²) in [5, 5.41) is 6.72. The lowest BCUT2D eigenvalue weighted by Gasteiger charge is -2.32. The van der Waals surface area contributed by atoms with Crippen molar-refractivity contribution in [1.82, 2.24) is 15.3 Å². The lowest BCUT2D eigenvalue weighted by Crippen LogP contribution is -2.43. The van der Waals surface area contributed by atoms with Gasteiger partial charge in [-0.3, -0.25) is 0 Å². The molecule has 9 heteroatoms. The van der Waals surface area contributed by atoms with E-state index in [1.54, 1.807) is 6.07 Å². The molecule has 2 N–H and O–H groups in total. The van der Waals surface area contributed by atoms with E-state index in [9.17, 15) is 8.78 Å². The van der Waals surface area contributed by atoms with Crippen LogP contribution < -0.4 is 20.4 Å². The average molecular weight is 402 g/mol. The largest absolute Gasteiger partial charge is 0.378 e. The van der Waals surface area contributed by atoms with Crippen molar-refractivity contribution in [3.63, 3.8) is 0 Å². The Morgan fingerprint density at radius 2 is 2.03 bits per heavy atom. The molecule has 0 amide bonds. The molecule has 7 nitrogen and oxygen atoms in total. The lowest BCUT2D eigenvalue weighted by atomic mass is 10.2. The number of pyridine rings is 2. The standard InChI is InChI=1S/C20H24F2N6O/c21-20(22)13-1-2-17(24-10-13)25-18-8-15(28-12-14-7-16(28)11-23-14)9-19(26-18)27-3-5-29-6-4-27/h1-2,8-10,14,16,20,23H,3-7,11-12H2,(H,24,25,26). The molecule has 5 rings (SSSR count). The Bertz CT molecular complexity index is 859. The van der Waals surface area contributed by atoms with Gasteiger partial charge in [-0.1, -0.05) is 0 Å². The highest BCUT2D eigenvalue weighted by molar-refractivity contribution is 5.66. The summed E-state index contributed by atoms with van der Waals surface area (Å²) in [6.45, 7) is 4.94. The van der Waals surface area contributed by atoms with Gasteiger partial charge in [0, 0.05) is 67.8 Å². The number of fused-ring (bicyclic) bond motifs is 2. The molecule has 0 aliphatic carbocycles. The second-order valence-corrected chi connectivity index (χ2v) is 7.72. The van der Waals surface area contributed by atoms with Gasteiger partial charge < -0.3 is 25.2 Å². The Hall–Kier alpha value is -2.52. The maximum absolute atomic E-state index is 12.8. The lowest BCUT2D eigenvalue weighted by molar-refractivity contribution is 0.122. The molecule has 2 unspecified atom stereocenters. The number of piperazine rings is 1. The molecular weight excluding hydrogens is 378 g/mol. The number of rotatable bonds is 5. The smallest absolute Gasteiger partial charge is 0.265 e. The van der Waals surface area contributed by atoms with Gasteiger partial charge in [0.25, 0.3) is 6.43 Å². The molecule has 2 bridgehead atoms. The minimum atomic E-state index is -2.52. The fraction of sp³-hybridized carbons (Fsp3) is 0.500. The fourth-order valence-electron chi connectivity index (χ4n) is 4.30. The SMILES string of the molecule is FC(F)c1ccc(Nc2cc(N3CC4CC3CN4)cc(N3CCOCC3)n2)nc1. The van der Waals surface area contributed by atoms with Crippen LogP contribution in [0.4, 0.5) is 31.9 Å². The van der Waals surface area contributed by atoms with Crippen LogP contribution >= 0.6 is 0 Å². The third-order valence-corrected chi connectivity index (χ3v) is 5.81. The van der Waals surface area contributed by atoms with Crippen molar-refractivity contribution >= 4 is 23.1 Å². The van der Waals surface area contributed by atoms with Crippen molar-refractivity contribution in [3.05, 3.63) is 36.0 Å². The number of anilines is 4. The van der Waals surface area contributed by atoms with Crippen molar-refractivity contribution in [2.45, 2.75) is 24.9 Å². The van der Waals surface area contributed by atoms with E-state index in [0.29, 0.717) is 36.9 Å². The number of alkyl halides is 2. The summed E-state index contributed by atoms with van der Waals surface area (Å²) in [4.78, 5) is 13.5. The Morgan fingerprint density at radius 1 is 1.17 bits per heavy atom. The summed E-state index contributed by atoms with van der Waals surface area (Å²) in [7, 11) is 0. The minimum Gasteiger partial charge on any atom is -0.378 e. The van der Waals surface area contributed by atoms with E-state index in [2.05, 4.69) is 31.5 Å². The molecule has 0 aromatic carbocycles. The first-order valence-corrected chi connectivity index (χ1v) is 10.0. The summed E-state index contributed by atoms with van der Waals surface area (Å²) in [6.07, 6.45) is -0.162. The molecule has 3 saturated heterocycles. The predicted molar refractivity (Wildman–Crippen MR) is 107 cm³/mol. The molecule has 29 heavy (non-hydrogen) atoms. The predicted octanol–water partition coefficient (Wildman–Crippen LogP) is 2.54. The fourth-order valence-corrected chi connectivity index (χ4v) is 4.30. The van der Waals surface area contributed by atoms with Crippen LogP contribution in [0.15, 0.2) is 30.5 Å². The van der Waals surface area contributed by atoms with Gasteiger partial charge in [0.1, 0.15) is 17.5 Å². The number of hydrogen-bond donors (Lipinski definition) is 2. The molecule has 2 aromatic rings. The number of ether oxygens (including phenoxy) is 1. The molecule has 3 fully saturated rings. The van der Waals surface area contributed by atoms with Crippen LogP contribution in [0.25, 0.3) is 0 Å². The van der Waals surface area contributed by atoms with Gasteiger partial charge in [-0.15, -0.1) is 0 Å². The maximum Gasteiger partial charge on any atom is 0.265 e. The van der Waals surface area contributed by atoms with Gasteiger partial charge in [0.05, 0.1) is 13.2 Å². The normalized spacial score (nSPS) is 23.8. The van der Waals surface area contributed by atoms with E-state index in [1.807, 2.05) is 6.07 Å². The Balaban J connectivity index is 1.44. The van der Waals surface area contributed by atoms with Gasteiger partial charge in [0.2, 0.25) is 0 Å². The summed E-state index contributed by atoms with van der Waals surface area (Å²) >= 11 is 0. The zero-order chi connectivity index (χ0) is 19.8. The summed E-state index contributed by atoms with van der Waals surface area (Å²) in [6, 6.07) is 8.15. The molecule has 2 aromatic heterocycles. The highest BCUT2D eigenvalue weighted by Crippen LogP contribution is 2.33. The van der Waals surface area contributed by atoms with Crippen molar-refractivity contribution in [2.75, 3.05) is 54.5 Å². The van der Waals surface area contributed by atoms with Crippen molar-refractivity contribution in [2.24, 2.45) is 0 Å². The molecule has 0 radical (unpaired) electrons. The molecule has 3 aliphatic rings. The van der Waals surface area contributed by atoms with Crippen LogP contribution in [0.5, 0.6) is 0 Å². The topological polar surface area (TPSA) is 65.5 Å². The van der Waals surface area contributed by atoms with Gasteiger partial charge in [-0.25, -0.2) is 18.7 Å². The minimum absolute atomic E-state index is 0.0909. The first kappa shape index (κ1) is 18.5. The summed E-state index contributed by atoms with van der Waals surface area (Å²) in [5.41, 5.74) is 1.04. The number of hydrogen-bond acceptors (Lipinski definition) is 7. The third-order valence-electron chi connectivity index (χ3n) is 5.81. The number of aromatic nitrogens is 2. The molecule has 2 atom stereocenters. The average Bonchev–Trinajstić information content (AvgIpc) is 3.38. The van der Waals surface area contributed by atoms with Crippen LogP contribution in [-0.4, -0.2) is 61.4 Å². The molecule has 3 aliphatic heterocycles. The second kappa shape index (κ2) is 7.72. The van der Waals surface area contributed by atoms with Crippen LogP contribution in [0.2, 0.25) is 0 Å². The van der Waals surface area contributed by atoms with E-state index in [0.717, 1.165) is 44.1 Å². The van der Waals surface area contributed by atoms with E-state index >= 15 is 0 Å². The molecule has 5 heterocycles. The van der Waals surface area contributed by atoms with E-state index < -0.39 is 6.43 Å². The number of nitrogens with one attached hydrogen (secondary N) is 2. The maximum atomic E-state index is 12.8. The molecule has 0 saturated carbocycles. The Labute approximate surface area is 168 Å². The monoisotopic (exact) mass is 402 g/mol. The van der Waals surface area contributed by atoms with Crippen LogP contribution in [-0.2, 0) is 4.74 Å². The second-order valence-electron chi connectivity index (χ2n) is 7.72. The van der Waals surface area contributed by atoms with E-state index in [-0.39, 0.29) is 5.56 Å². The first-order valence-electron chi connectivity index (χ1n) is 10.0. The third kappa shape index (κ3) is 3.84. The van der Waals surface area contributed by atoms with E-state index in [4.69, 9.17) is 9.72 Å². The van der Waals surface area contributed by atoms with Crippen molar-refractivity contribution < 1.29 is 13.5 Å². The van der Waals surface area contributed by atoms with Crippen LogP contribution in [0.3, 0.4) is 0 Å². The van der Waals surface area contributed by atoms with Crippen molar-refractivity contribution in [1.29, 1.82) is 0 Å². The van der Waals surface area contributed by atoms with Crippen LogP contribution in [0, 0.1) is 0 Å². The van der Waals surface area contributed by atoms with Gasteiger partial charge >= 0.3 is 0 Å². The highest BCUT2D eigenvalue weighted by atomic mass is 19.3. The van der Waals surface area contributed by atoms with Gasteiger partial charge in [-0.2, -0.15) is 0 Å². The molecule has 0 spiro atoms. The number of halogens is 2. The quantitative estimate of drug-likeness (QED) is 0.797. The Morgan fingerprint density at radius 3 is 2.69 bits per heavy atom. The first-order chi connectivity index (χ1) is 14.2. The van der Waals surface area contributed by atoms with Gasteiger partial charge in [-0.05, 0) is 18.6 Å². The van der Waals surface area contributed by atoms with Crippen LogP contribution in [0.1, 0.15) is 18.4 Å². The molecule has 154 valence electrons. The number of nitrogens with zero attached hydrogens (tertiary/aromatic N) is 4. The number of morpholine rings is 1. The van der Waals surface area contributed by atoms with Gasteiger partial charge in [0.15, 0.2) is 0 Å². The summed E-state index contributed by atoms with van der Waals surface area (Å²) < 4.78 is 31.0.